The van der Waals surface area contributed by atoms with Gasteiger partial charge in [-0.1, -0.05) is 36.8 Å². The van der Waals surface area contributed by atoms with Crippen molar-refractivity contribution < 1.29 is 8.42 Å². The number of nitrogens with two attached hydrogens (primary N) is 2. The maximum Gasteiger partial charge on any atom is 0.155 e. The molecule has 1 aliphatic carbocycles. The van der Waals surface area contributed by atoms with Gasteiger partial charge in [-0.05, 0) is 12.5 Å². The number of hydrogen-bond acceptors (Lipinski definition) is 4. The summed E-state index contributed by atoms with van der Waals surface area (Å²) in [4.78, 5) is 0. The molecule has 0 bridgehead atoms. The van der Waals surface area contributed by atoms with E-state index in [-0.39, 0.29) is 18.2 Å². The SMILES string of the molecule is CCS(=O)(=O)[C@H]1[C@H](c2ccc(C)cc2)[C@@]1(N)CN. The summed E-state index contributed by atoms with van der Waals surface area (Å²) in [6.45, 7) is 3.84. The van der Waals surface area contributed by atoms with Crippen LogP contribution >= 0.6 is 0 Å². The van der Waals surface area contributed by atoms with Crippen molar-refractivity contribution in [2.24, 2.45) is 11.5 Å². The molecule has 1 aromatic rings. The van der Waals surface area contributed by atoms with Gasteiger partial charge in [0.1, 0.15) is 0 Å². The maximum atomic E-state index is 12.1. The molecule has 18 heavy (non-hydrogen) atoms. The summed E-state index contributed by atoms with van der Waals surface area (Å²) < 4.78 is 24.1. The molecule has 0 radical (unpaired) electrons. The normalized spacial score (nSPS) is 31.3. The topological polar surface area (TPSA) is 86.2 Å². The summed E-state index contributed by atoms with van der Waals surface area (Å²) in [7, 11) is -3.16. The van der Waals surface area contributed by atoms with Crippen molar-refractivity contribution in [1.29, 1.82) is 0 Å². The fourth-order valence-corrected chi connectivity index (χ4v) is 4.66. The summed E-state index contributed by atoms with van der Waals surface area (Å²) in [6.07, 6.45) is 0. The first kappa shape index (κ1) is 13.5. The molecule has 0 saturated heterocycles. The van der Waals surface area contributed by atoms with Gasteiger partial charge in [-0.15, -0.1) is 0 Å². The average Bonchev–Trinajstić information content (AvgIpc) is 2.98. The van der Waals surface area contributed by atoms with E-state index in [9.17, 15) is 8.42 Å². The lowest BCUT2D eigenvalue weighted by atomic mass is 10.1. The first-order valence-corrected chi connectivity index (χ1v) is 7.85. The molecular weight excluding hydrogens is 248 g/mol. The Hall–Kier alpha value is -0.910. The first-order valence-electron chi connectivity index (χ1n) is 6.14. The molecule has 0 aliphatic heterocycles. The molecule has 4 nitrogen and oxygen atoms in total. The van der Waals surface area contributed by atoms with Crippen LogP contribution in [0.2, 0.25) is 0 Å². The van der Waals surface area contributed by atoms with Crippen LogP contribution in [0.3, 0.4) is 0 Å². The molecular formula is C13H20N2O2S. The monoisotopic (exact) mass is 268 g/mol. The van der Waals surface area contributed by atoms with Crippen molar-refractivity contribution in [3.05, 3.63) is 35.4 Å². The summed E-state index contributed by atoms with van der Waals surface area (Å²) in [5.41, 5.74) is 13.1. The molecule has 1 saturated carbocycles. The van der Waals surface area contributed by atoms with Gasteiger partial charge in [0.05, 0.1) is 10.8 Å². The van der Waals surface area contributed by atoms with Crippen LogP contribution in [-0.2, 0) is 9.84 Å². The third-order valence-electron chi connectivity index (χ3n) is 3.88. The molecule has 1 fully saturated rings. The minimum Gasteiger partial charge on any atom is -0.329 e. The van der Waals surface area contributed by atoms with Gasteiger partial charge in [-0.25, -0.2) is 8.42 Å². The molecule has 0 unspecified atom stereocenters. The van der Waals surface area contributed by atoms with Crippen LogP contribution in [0.4, 0.5) is 0 Å². The zero-order valence-corrected chi connectivity index (χ0v) is 11.6. The lowest BCUT2D eigenvalue weighted by molar-refractivity contribution is 0.587. The maximum absolute atomic E-state index is 12.1. The van der Waals surface area contributed by atoms with E-state index in [1.807, 2.05) is 31.2 Å². The third kappa shape index (κ3) is 1.96. The molecule has 1 aromatic carbocycles. The highest BCUT2D eigenvalue weighted by molar-refractivity contribution is 7.92. The number of aryl methyl sites for hydroxylation is 1. The molecule has 0 heterocycles. The zero-order valence-electron chi connectivity index (χ0n) is 10.8. The molecule has 3 atom stereocenters. The Morgan fingerprint density at radius 2 is 1.83 bits per heavy atom. The smallest absolute Gasteiger partial charge is 0.155 e. The van der Waals surface area contributed by atoms with E-state index >= 15 is 0 Å². The molecule has 1 aliphatic rings. The fraction of sp³-hybridized carbons (Fsp3) is 0.538. The molecule has 2 rings (SSSR count). The van der Waals surface area contributed by atoms with Crippen LogP contribution in [0, 0.1) is 6.92 Å². The van der Waals surface area contributed by atoms with E-state index in [4.69, 9.17) is 11.5 Å². The van der Waals surface area contributed by atoms with E-state index in [0.29, 0.717) is 0 Å². The molecule has 4 N–H and O–H groups in total. The fourth-order valence-electron chi connectivity index (χ4n) is 2.65. The quantitative estimate of drug-likeness (QED) is 0.835. The van der Waals surface area contributed by atoms with Gasteiger partial charge in [-0.3, -0.25) is 0 Å². The van der Waals surface area contributed by atoms with E-state index in [1.54, 1.807) is 6.92 Å². The van der Waals surface area contributed by atoms with Crippen molar-refractivity contribution in [2.45, 2.75) is 30.6 Å². The molecule has 100 valence electrons. The van der Waals surface area contributed by atoms with E-state index in [1.165, 1.54) is 0 Å². The minimum atomic E-state index is -3.16. The number of benzene rings is 1. The van der Waals surface area contributed by atoms with E-state index < -0.39 is 20.6 Å². The number of sulfone groups is 1. The Morgan fingerprint density at radius 3 is 2.28 bits per heavy atom. The second kappa shape index (κ2) is 4.33. The lowest BCUT2D eigenvalue weighted by Gasteiger charge is -2.08. The number of hydrogen-bond donors (Lipinski definition) is 2. The second-order valence-corrected chi connectivity index (χ2v) is 7.49. The Kier molecular flexibility index (Phi) is 3.25. The highest BCUT2D eigenvalue weighted by atomic mass is 32.2. The van der Waals surface area contributed by atoms with Crippen LogP contribution in [0.5, 0.6) is 0 Å². The van der Waals surface area contributed by atoms with Crippen LogP contribution in [0.25, 0.3) is 0 Å². The first-order chi connectivity index (χ1) is 8.36. The Labute approximate surface area is 108 Å². The van der Waals surface area contributed by atoms with Gasteiger partial charge in [-0.2, -0.15) is 0 Å². The molecule has 0 spiro atoms. The summed E-state index contributed by atoms with van der Waals surface area (Å²) >= 11 is 0. The molecule has 0 amide bonds. The largest absolute Gasteiger partial charge is 0.329 e. The zero-order chi connectivity index (χ0) is 13.6. The Balaban J connectivity index is 2.37. The van der Waals surface area contributed by atoms with Crippen molar-refractivity contribution in [3.8, 4) is 0 Å². The highest BCUT2D eigenvalue weighted by Gasteiger charge is 2.67. The van der Waals surface area contributed by atoms with E-state index in [0.717, 1.165) is 11.1 Å². The number of rotatable bonds is 4. The van der Waals surface area contributed by atoms with Crippen LogP contribution in [0.1, 0.15) is 24.0 Å². The van der Waals surface area contributed by atoms with Crippen LogP contribution in [-0.4, -0.2) is 31.5 Å². The van der Waals surface area contributed by atoms with Crippen LogP contribution < -0.4 is 11.5 Å². The van der Waals surface area contributed by atoms with Gasteiger partial charge < -0.3 is 11.5 Å². The predicted octanol–water partition coefficient (Wildman–Crippen LogP) is 0.552. The highest BCUT2D eigenvalue weighted by Crippen LogP contribution is 2.53. The third-order valence-corrected chi connectivity index (χ3v) is 6.17. The van der Waals surface area contributed by atoms with Crippen molar-refractivity contribution in [3.63, 3.8) is 0 Å². The van der Waals surface area contributed by atoms with Crippen LogP contribution in [0.15, 0.2) is 24.3 Å². The second-order valence-electron chi connectivity index (χ2n) is 5.08. The standard InChI is InChI=1S/C13H20N2O2S/c1-3-18(16,17)12-11(13(12,15)8-14)10-6-4-9(2)5-7-10/h4-7,11-12H,3,8,14-15H2,1-2H3/t11-,12-,13-/m0/s1. The van der Waals surface area contributed by atoms with Gasteiger partial charge in [0, 0.05) is 18.2 Å². The Morgan fingerprint density at radius 1 is 1.28 bits per heavy atom. The van der Waals surface area contributed by atoms with Crippen molar-refractivity contribution >= 4 is 9.84 Å². The average molecular weight is 268 g/mol. The molecule has 5 heteroatoms. The van der Waals surface area contributed by atoms with Crippen molar-refractivity contribution in [2.75, 3.05) is 12.3 Å². The minimum absolute atomic E-state index is 0.110. The van der Waals surface area contributed by atoms with Gasteiger partial charge in [0.2, 0.25) is 0 Å². The predicted molar refractivity (Wildman–Crippen MR) is 73.1 cm³/mol. The lowest BCUT2D eigenvalue weighted by Crippen LogP contribution is -2.39. The van der Waals surface area contributed by atoms with Gasteiger partial charge >= 0.3 is 0 Å². The van der Waals surface area contributed by atoms with Gasteiger partial charge in [0.25, 0.3) is 0 Å². The van der Waals surface area contributed by atoms with E-state index in [2.05, 4.69) is 0 Å². The summed E-state index contributed by atoms with van der Waals surface area (Å²) in [5, 5.41) is -0.539. The summed E-state index contributed by atoms with van der Waals surface area (Å²) in [6, 6.07) is 7.84. The van der Waals surface area contributed by atoms with Crippen molar-refractivity contribution in [1.82, 2.24) is 0 Å². The summed E-state index contributed by atoms with van der Waals surface area (Å²) in [5.74, 6) is -0.0630. The molecule has 0 aromatic heterocycles. The van der Waals surface area contributed by atoms with Gasteiger partial charge in [0.15, 0.2) is 9.84 Å². The Bertz CT molecular complexity index is 539.